The van der Waals surface area contributed by atoms with E-state index in [1.165, 1.54) is 6.08 Å². The highest BCUT2D eigenvalue weighted by Gasteiger charge is 2.36. The number of anilines is 2. The van der Waals surface area contributed by atoms with E-state index in [1.807, 2.05) is 51.1 Å². The summed E-state index contributed by atoms with van der Waals surface area (Å²) in [5.41, 5.74) is 4.28. The Kier molecular flexibility index (Phi) is 7.54. The molecule has 1 heterocycles. The second kappa shape index (κ2) is 10.8. The van der Waals surface area contributed by atoms with Crippen LogP contribution < -0.4 is 20.3 Å². The molecular weight excluding hydrogens is 538 g/mol. The van der Waals surface area contributed by atoms with Gasteiger partial charge in [-0.3, -0.25) is 19.7 Å². The molecule has 0 bridgehead atoms. The van der Waals surface area contributed by atoms with E-state index < -0.39 is 17.8 Å². The van der Waals surface area contributed by atoms with Gasteiger partial charge in [0.05, 0.1) is 10.2 Å². The Morgan fingerprint density at radius 1 is 0.973 bits per heavy atom. The van der Waals surface area contributed by atoms with Crippen LogP contribution in [0.25, 0.3) is 6.08 Å². The van der Waals surface area contributed by atoms with Crippen LogP contribution in [0, 0.1) is 20.8 Å². The van der Waals surface area contributed by atoms with Gasteiger partial charge in [-0.15, -0.1) is 0 Å². The zero-order valence-electron chi connectivity index (χ0n) is 20.4. The lowest BCUT2D eigenvalue weighted by atomic mass is 10.1. The molecule has 8 nitrogen and oxygen atoms in total. The Labute approximate surface area is 222 Å². The summed E-state index contributed by atoms with van der Waals surface area (Å²) in [5, 5.41) is 5.02. The van der Waals surface area contributed by atoms with Crippen LogP contribution in [0.2, 0.25) is 0 Å². The van der Waals surface area contributed by atoms with Crippen molar-refractivity contribution in [3.05, 3.63) is 93.0 Å². The number of ether oxygens (including phenoxy) is 1. The van der Waals surface area contributed by atoms with Gasteiger partial charge in [0.2, 0.25) is 0 Å². The lowest BCUT2D eigenvalue weighted by Crippen LogP contribution is -2.54. The number of rotatable bonds is 6. The first-order chi connectivity index (χ1) is 17.6. The highest BCUT2D eigenvalue weighted by molar-refractivity contribution is 9.10. The van der Waals surface area contributed by atoms with Crippen LogP contribution in [0.5, 0.6) is 5.75 Å². The van der Waals surface area contributed by atoms with Crippen molar-refractivity contribution in [2.75, 3.05) is 16.8 Å². The standard InChI is InChI=1S/C28H24BrN3O5/c1-16-8-10-20(12-18(16)3)32-27(35)21(26(34)31-28(32)36)13-19-9-11-24(22(29)14-19)37-15-25(33)30-23-7-5-4-6-17(23)2/h4-14H,15H2,1-3H3,(H,30,33)(H,31,34,36)/b21-13-. The van der Waals surface area contributed by atoms with Gasteiger partial charge in [0.25, 0.3) is 17.7 Å². The van der Waals surface area contributed by atoms with E-state index in [9.17, 15) is 19.2 Å². The normalized spacial score (nSPS) is 14.5. The maximum Gasteiger partial charge on any atom is 0.335 e. The third-order valence-electron chi connectivity index (χ3n) is 5.90. The number of amides is 5. The summed E-state index contributed by atoms with van der Waals surface area (Å²) in [5.74, 6) is -1.40. The summed E-state index contributed by atoms with van der Waals surface area (Å²) < 4.78 is 6.15. The van der Waals surface area contributed by atoms with Gasteiger partial charge in [-0.25, -0.2) is 9.69 Å². The predicted molar refractivity (Wildman–Crippen MR) is 144 cm³/mol. The van der Waals surface area contributed by atoms with Crippen LogP contribution in [0.3, 0.4) is 0 Å². The van der Waals surface area contributed by atoms with Crippen molar-refractivity contribution in [2.45, 2.75) is 20.8 Å². The van der Waals surface area contributed by atoms with Gasteiger partial charge in [0, 0.05) is 5.69 Å². The Balaban J connectivity index is 1.49. The van der Waals surface area contributed by atoms with E-state index in [0.717, 1.165) is 21.6 Å². The van der Waals surface area contributed by atoms with Crippen LogP contribution in [0.4, 0.5) is 16.2 Å². The summed E-state index contributed by atoms with van der Waals surface area (Å²) in [4.78, 5) is 51.3. The van der Waals surface area contributed by atoms with Gasteiger partial charge in [-0.1, -0.05) is 30.3 Å². The van der Waals surface area contributed by atoms with Crippen molar-refractivity contribution in [2.24, 2.45) is 0 Å². The zero-order valence-corrected chi connectivity index (χ0v) is 22.0. The zero-order chi connectivity index (χ0) is 26.7. The number of imide groups is 2. The Morgan fingerprint density at radius 3 is 2.43 bits per heavy atom. The summed E-state index contributed by atoms with van der Waals surface area (Å²) >= 11 is 3.41. The van der Waals surface area contributed by atoms with E-state index in [1.54, 1.807) is 30.3 Å². The summed E-state index contributed by atoms with van der Waals surface area (Å²) in [6.45, 7) is 5.49. The number of nitrogens with zero attached hydrogens (tertiary/aromatic N) is 1. The number of hydrogen-bond acceptors (Lipinski definition) is 5. The molecule has 1 aliphatic rings. The molecule has 0 saturated carbocycles. The van der Waals surface area contributed by atoms with Crippen molar-refractivity contribution < 1.29 is 23.9 Å². The fourth-order valence-electron chi connectivity index (χ4n) is 3.69. The molecule has 188 valence electrons. The van der Waals surface area contributed by atoms with E-state index >= 15 is 0 Å². The lowest BCUT2D eigenvalue weighted by molar-refractivity contribution is -0.122. The number of aryl methyl sites for hydroxylation is 3. The number of halogens is 1. The van der Waals surface area contributed by atoms with Gasteiger partial charge in [-0.05, 0) is 95.4 Å². The molecule has 1 aliphatic heterocycles. The number of benzene rings is 3. The second-order valence-electron chi connectivity index (χ2n) is 8.57. The van der Waals surface area contributed by atoms with E-state index in [0.29, 0.717) is 27.2 Å². The van der Waals surface area contributed by atoms with Crippen molar-refractivity contribution >= 4 is 57.1 Å². The molecule has 1 saturated heterocycles. The monoisotopic (exact) mass is 561 g/mol. The largest absolute Gasteiger partial charge is 0.483 e. The maximum atomic E-state index is 13.1. The second-order valence-corrected chi connectivity index (χ2v) is 9.42. The highest BCUT2D eigenvalue weighted by atomic mass is 79.9. The molecule has 0 spiro atoms. The first kappa shape index (κ1) is 25.8. The molecule has 0 unspecified atom stereocenters. The topological polar surface area (TPSA) is 105 Å². The number of nitrogens with one attached hydrogen (secondary N) is 2. The molecule has 37 heavy (non-hydrogen) atoms. The molecule has 0 radical (unpaired) electrons. The predicted octanol–water partition coefficient (Wildman–Crippen LogP) is 5.06. The van der Waals surface area contributed by atoms with Crippen LogP contribution in [-0.4, -0.2) is 30.4 Å². The molecule has 5 amide bonds. The summed E-state index contributed by atoms with van der Waals surface area (Å²) in [6, 6.07) is 16.7. The third kappa shape index (κ3) is 5.78. The molecule has 3 aromatic rings. The number of carbonyl (C=O) groups is 4. The van der Waals surface area contributed by atoms with E-state index in [-0.39, 0.29) is 18.1 Å². The molecule has 0 aromatic heterocycles. The SMILES string of the molecule is Cc1ccc(N2C(=O)NC(=O)/C(=C/c3ccc(OCC(=O)Nc4ccccc4C)c(Br)c3)C2=O)cc1C. The van der Waals surface area contributed by atoms with Crippen molar-refractivity contribution in [1.29, 1.82) is 0 Å². The van der Waals surface area contributed by atoms with E-state index in [2.05, 4.69) is 26.6 Å². The van der Waals surface area contributed by atoms with Crippen molar-refractivity contribution in [1.82, 2.24) is 5.32 Å². The minimum atomic E-state index is -0.802. The molecule has 9 heteroatoms. The third-order valence-corrected chi connectivity index (χ3v) is 6.51. The molecule has 1 fully saturated rings. The maximum absolute atomic E-state index is 13.1. The summed E-state index contributed by atoms with van der Waals surface area (Å²) in [6.07, 6.45) is 1.40. The van der Waals surface area contributed by atoms with Gasteiger partial charge in [0.15, 0.2) is 6.61 Å². The van der Waals surface area contributed by atoms with Gasteiger partial charge >= 0.3 is 6.03 Å². The molecule has 2 N–H and O–H groups in total. The van der Waals surface area contributed by atoms with Crippen LogP contribution in [0.15, 0.2) is 70.7 Å². The smallest absolute Gasteiger partial charge is 0.335 e. The van der Waals surface area contributed by atoms with Crippen LogP contribution >= 0.6 is 15.9 Å². The molecule has 0 atom stereocenters. The number of para-hydroxylation sites is 1. The van der Waals surface area contributed by atoms with Gasteiger partial charge < -0.3 is 10.1 Å². The van der Waals surface area contributed by atoms with Gasteiger partial charge in [0.1, 0.15) is 11.3 Å². The lowest BCUT2D eigenvalue weighted by Gasteiger charge is -2.26. The minimum Gasteiger partial charge on any atom is -0.483 e. The molecule has 4 rings (SSSR count). The average Bonchev–Trinajstić information content (AvgIpc) is 2.84. The molecule has 0 aliphatic carbocycles. The van der Waals surface area contributed by atoms with Crippen molar-refractivity contribution in [3.63, 3.8) is 0 Å². The Hall–Kier alpha value is -4.24. The fourth-order valence-corrected chi connectivity index (χ4v) is 4.20. The fraction of sp³-hybridized carbons (Fsp3) is 0.143. The minimum absolute atomic E-state index is 0.184. The number of carbonyl (C=O) groups excluding carboxylic acids is 4. The highest BCUT2D eigenvalue weighted by Crippen LogP contribution is 2.29. The molecule has 3 aromatic carbocycles. The number of hydrogen-bond donors (Lipinski definition) is 2. The molecular formula is C28H24BrN3O5. The van der Waals surface area contributed by atoms with Gasteiger partial charge in [-0.2, -0.15) is 0 Å². The Bertz CT molecular complexity index is 1460. The average molecular weight is 562 g/mol. The van der Waals surface area contributed by atoms with Crippen LogP contribution in [0.1, 0.15) is 22.3 Å². The first-order valence-electron chi connectivity index (χ1n) is 11.4. The van der Waals surface area contributed by atoms with Crippen molar-refractivity contribution in [3.8, 4) is 5.75 Å². The summed E-state index contributed by atoms with van der Waals surface area (Å²) in [7, 11) is 0. The quantitative estimate of drug-likeness (QED) is 0.323. The van der Waals surface area contributed by atoms with E-state index in [4.69, 9.17) is 4.74 Å². The first-order valence-corrected chi connectivity index (χ1v) is 12.2. The number of urea groups is 1. The Morgan fingerprint density at radius 2 is 1.73 bits per heavy atom. The number of barbiturate groups is 1. The van der Waals surface area contributed by atoms with Crippen LogP contribution in [-0.2, 0) is 14.4 Å².